The smallest absolute Gasteiger partial charge is 0.292 e. The predicted octanol–water partition coefficient (Wildman–Crippen LogP) is 2.14. The number of nitrogens with zero attached hydrogens (tertiary/aromatic N) is 3. The van der Waals surface area contributed by atoms with Gasteiger partial charge in [0.1, 0.15) is 5.69 Å². The molecule has 25 heavy (non-hydrogen) atoms. The first-order valence-corrected chi connectivity index (χ1v) is 7.95. The van der Waals surface area contributed by atoms with Crippen molar-refractivity contribution < 1.29 is 9.21 Å². The lowest BCUT2D eigenvalue weighted by Gasteiger charge is -2.24. The molecule has 1 amide bonds. The molecule has 1 spiro atoms. The first-order chi connectivity index (χ1) is 12.1. The standard InChI is InChI=1S/C18H15N5O2/c1-3-8-23-15-12(9(2)21-22-15)18(16(23)24)11-7-5-4-6-10(11)13-14(18)20-17(19)25-13/h3-7H,1,8H2,2H3,(H2,19,20)(H,21,22)/t18-/m0/s1. The van der Waals surface area contributed by atoms with E-state index in [0.29, 0.717) is 23.8 Å². The number of nitrogens with two attached hydrogens (primary N) is 1. The number of anilines is 2. The number of aromatic amines is 1. The maximum atomic E-state index is 13.6. The molecule has 3 heterocycles. The topological polar surface area (TPSA) is 101 Å². The maximum Gasteiger partial charge on any atom is 0.292 e. The number of fused-ring (bicyclic) bond motifs is 7. The van der Waals surface area contributed by atoms with E-state index in [2.05, 4.69) is 21.8 Å². The van der Waals surface area contributed by atoms with Crippen molar-refractivity contribution in [1.82, 2.24) is 15.2 Å². The number of H-pyrrole nitrogens is 1. The second kappa shape index (κ2) is 4.38. The van der Waals surface area contributed by atoms with Gasteiger partial charge in [-0.2, -0.15) is 10.1 Å². The molecule has 1 aliphatic carbocycles. The van der Waals surface area contributed by atoms with Gasteiger partial charge in [-0.1, -0.05) is 30.3 Å². The van der Waals surface area contributed by atoms with E-state index >= 15 is 0 Å². The summed E-state index contributed by atoms with van der Waals surface area (Å²) in [6.07, 6.45) is 1.68. The summed E-state index contributed by atoms with van der Waals surface area (Å²) >= 11 is 0. The number of benzene rings is 1. The summed E-state index contributed by atoms with van der Waals surface area (Å²) in [4.78, 5) is 19.7. The number of carbonyl (C=O) groups is 1. The number of hydrogen-bond donors (Lipinski definition) is 2. The molecule has 1 aromatic carbocycles. The van der Waals surface area contributed by atoms with Crippen LogP contribution < -0.4 is 10.6 Å². The zero-order valence-electron chi connectivity index (χ0n) is 13.5. The molecule has 1 atom stereocenters. The number of amides is 1. The Labute approximate surface area is 143 Å². The van der Waals surface area contributed by atoms with Gasteiger partial charge in [-0.05, 0) is 12.5 Å². The summed E-state index contributed by atoms with van der Waals surface area (Å²) in [5, 5.41) is 7.36. The SMILES string of the molecule is C=CCN1C(=O)[C@@]2(c3ccccc3-c3oc(N)nc32)c2c1n[nH]c2C. The molecule has 124 valence electrons. The van der Waals surface area contributed by atoms with E-state index in [9.17, 15) is 4.79 Å². The third-order valence-corrected chi connectivity index (χ3v) is 5.01. The van der Waals surface area contributed by atoms with Gasteiger partial charge in [-0.3, -0.25) is 14.8 Å². The molecule has 0 unspecified atom stereocenters. The van der Waals surface area contributed by atoms with Crippen LogP contribution in [0.5, 0.6) is 0 Å². The Bertz CT molecular complexity index is 1060. The monoisotopic (exact) mass is 333 g/mol. The van der Waals surface area contributed by atoms with Gasteiger partial charge >= 0.3 is 0 Å². The summed E-state index contributed by atoms with van der Waals surface area (Å²) in [5.41, 5.74) is 8.59. The first kappa shape index (κ1) is 14.0. The van der Waals surface area contributed by atoms with Crippen molar-refractivity contribution in [2.45, 2.75) is 12.3 Å². The molecule has 0 saturated carbocycles. The molecular formula is C18H15N5O2. The molecule has 3 aromatic rings. The van der Waals surface area contributed by atoms with Gasteiger partial charge in [0.05, 0.1) is 0 Å². The second-order valence-corrected chi connectivity index (χ2v) is 6.28. The Morgan fingerprint density at radius 2 is 2.24 bits per heavy atom. The minimum absolute atomic E-state index is 0.0524. The summed E-state index contributed by atoms with van der Waals surface area (Å²) in [6, 6.07) is 7.73. The Morgan fingerprint density at radius 3 is 3.04 bits per heavy atom. The van der Waals surface area contributed by atoms with E-state index in [1.807, 2.05) is 31.2 Å². The van der Waals surface area contributed by atoms with Crippen LogP contribution in [0, 0.1) is 6.92 Å². The summed E-state index contributed by atoms with van der Waals surface area (Å²) in [5.74, 6) is 1.04. The average Bonchev–Trinajstić information content (AvgIpc) is 3.29. The third kappa shape index (κ3) is 1.40. The van der Waals surface area contributed by atoms with Crippen molar-refractivity contribution >= 4 is 17.7 Å². The molecule has 7 nitrogen and oxygen atoms in total. The number of aryl methyl sites for hydroxylation is 1. The lowest BCUT2D eigenvalue weighted by Crippen LogP contribution is -2.42. The van der Waals surface area contributed by atoms with Crippen LogP contribution in [0.1, 0.15) is 22.5 Å². The molecular weight excluding hydrogens is 318 g/mol. The van der Waals surface area contributed by atoms with E-state index < -0.39 is 5.41 Å². The van der Waals surface area contributed by atoms with Crippen LogP contribution in [-0.4, -0.2) is 27.6 Å². The van der Waals surface area contributed by atoms with E-state index in [1.165, 1.54) is 0 Å². The van der Waals surface area contributed by atoms with Gasteiger partial charge in [-0.15, -0.1) is 6.58 Å². The normalized spacial score (nSPS) is 20.0. The Balaban J connectivity index is 1.94. The highest BCUT2D eigenvalue weighted by Gasteiger charge is 2.62. The average molecular weight is 333 g/mol. The Hall–Kier alpha value is -3.35. The fourth-order valence-corrected chi connectivity index (χ4v) is 4.14. The van der Waals surface area contributed by atoms with E-state index in [0.717, 1.165) is 22.4 Å². The van der Waals surface area contributed by atoms with E-state index in [-0.39, 0.29) is 11.9 Å². The Kier molecular flexibility index (Phi) is 2.46. The highest BCUT2D eigenvalue weighted by molar-refractivity contribution is 6.15. The molecule has 3 N–H and O–H groups in total. The second-order valence-electron chi connectivity index (χ2n) is 6.28. The van der Waals surface area contributed by atoms with Gasteiger partial charge < -0.3 is 10.2 Å². The summed E-state index contributed by atoms with van der Waals surface area (Å²) < 4.78 is 5.66. The minimum atomic E-state index is -1.08. The van der Waals surface area contributed by atoms with Gasteiger partial charge in [0.2, 0.25) is 5.91 Å². The molecule has 2 aliphatic rings. The highest BCUT2D eigenvalue weighted by atomic mass is 16.4. The molecule has 7 heteroatoms. The number of rotatable bonds is 2. The van der Waals surface area contributed by atoms with Gasteiger partial charge in [0.15, 0.2) is 17.0 Å². The van der Waals surface area contributed by atoms with Crippen LogP contribution in [-0.2, 0) is 10.2 Å². The van der Waals surface area contributed by atoms with Crippen LogP contribution in [0.2, 0.25) is 0 Å². The first-order valence-electron chi connectivity index (χ1n) is 7.95. The number of carbonyl (C=O) groups excluding carboxylic acids is 1. The van der Waals surface area contributed by atoms with E-state index in [4.69, 9.17) is 10.2 Å². The summed E-state index contributed by atoms with van der Waals surface area (Å²) in [6.45, 7) is 6.03. The molecule has 0 radical (unpaired) electrons. The van der Waals surface area contributed by atoms with Gasteiger partial charge in [0, 0.05) is 23.4 Å². The lowest BCUT2D eigenvalue weighted by molar-refractivity contribution is -0.120. The lowest BCUT2D eigenvalue weighted by atomic mass is 9.75. The largest absolute Gasteiger partial charge is 0.423 e. The maximum absolute atomic E-state index is 13.6. The van der Waals surface area contributed by atoms with Gasteiger partial charge in [0.25, 0.3) is 6.01 Å². The number of hydrogen-bond acceptors (Lipinski definition) is 5. The van der Waals surface area contributed by atoms with Crippen LogP contribution in [0.4, 0.5) is 11.8 Å². The minimum Gasteiger partial charge on any atom is -0.423 e. The van der Waals surface area contributed by atoms with E-state index in [1.54, 1.807) is 11.0 Å². The van der Waals surface area contributed by atoms with Gasteiger partial charge in [-0.25, -0.2) is 0 Å². The van der Waals surface area contributed by atoms with Crippen LogP contribution in [0.25, 0.3) is 11.3 Å². The molecule has 1 aliphatic heterocycles. The number of oxazole rings is 1. The quantitative estimate of drug-likeness (QED) is 0.700. The van der Waals surface area contributed by atoms with Crippen molar-refractivity contribution in [2.75, 3.05) is 17.2 Å². The Morgan fingerprint density at radius 1 is 1.44 bits per heavy atom. The van der Waals surface area contributed by atoms with Crippen molar-refractivity contribution in [2.24, 2.45) is 0 Å². The molecule has 0 fully saturated rings. The molecule has 0 saturated heterocycles. The van der Waals surface area contributed by atoms with Crippen molar-refractivity contribution in [3.05, 3.63) is 59.4 Å². The predicted molar refractivity (Wildman–Crippen MR) is 92.1 cm³/mol. The van der Waals surface area contributed by atoms with Crippen molar-refractivity contribution in [1.29, 1.82) is 0 Å². The molecule has 2 aromatic heterocycles. The fourth-order valence-electron chi connectivity index (χ4n) is 4.14. The number of nitrogens with one attached hydrogen (secondary N) is 1. The number of nitrogen functional groups attached to an aromatic ring is 1. The third-order valence-electron chi connectivity index (χ3n) is 5.01. The van der Waals surface area contributed by atoms with Crippen LogP contribution >= 0.6 is 0 Å². The summed E-state index contributed by atoms with van der Waals surface area (Å²) in [7, 11) is 0. The van der Waals surface area contributed by atoms with Crippen molar-refractivity contribution in [3.8, 4) is 11.3 Å². The van der Waals surface area contributed by atoms with Crippen LogP contribution in [0.15, 0.2) is 41.3 Å². The zero-order valence-corrected chi connectivity index (χ0v) is 13.5. The molecule has 0 bridgehead atoms. The molecule has 5 rings (SSSR count). The van der Waals surface area contributed by atoms with Crippen molar-refractivity contribution in [3.63, 3.8) is 0 Å². The number of aromatic nitrogens is 3. The highest BCUT2D eigenvalue weighted by Crippen LogP contribution is 2.58. The van der Waals surface area contributed by atoms with Crippen LogP contribution in [0.3, 0.4) is 0 Å². The zero-order chi connectivity index (χ0) is 17.3. The fraction of sp³-hybridized carbons (Fsp3) is 0.167.